The predicted molar refractivity (Wildman–Crippen MR) is 147 cm³/mol. The first-order valence-corrected chi connectivity index (χ1v) is 13.3. The molecule has 1 fully saturated rings. The summed E-state index contributed by atoms with van der Waals surface area (Å²) in [6.07, 6.45) is 1.79. The van der Waals surface area contributed by atoms with Crippen molar-refractivity contribution < 1.29 is 0 Å². The molecule has 0 spiro atoms. The molecule has 2 aliphatic rings. The zero-order chi connectivity index (χ0) is 24.9. The van der Waals surface area contributed by atoms with E-state index in [4.69, 9.17) is 11.5 Å². The maximum Gasteiger partial charge on any atom is 0.136 e. The summed E-state index contributed by atoms with van der Waals surface area (Å²) in [5.74, 6) is 0. The van der Waals surface area contributed by atoms with Crippen LogP contribution in [-0.4, -0.2) is 80.4 Å². The van der Waals surface area contributed by atoms with Gasteiger partial charge >= 0.3 is 0 Å². The molecule has 7 heteroatoms. The van der Waals surface area contributed by atoms with Crippen molar-refractivity contribution in [2.45, 2.75) is 51.7 Å². The standard InChI is InChI=1S/C28H45N7/c1-5-32(6-2)19-20-34-26-14-10-8-12-24(26)27(29)35(28(34)30)23-15-17-33(18-16-23)21-22-11-7-9-13-25(22)31(3)4/h7-14,23,27-28H,5-6,15-21,29-30H2,1-4H3. The number of hydrogen-bond donors (Lipinski definition) is 2. The van der Waals surface area contributed by atoms with Crippen LogP contribution in [0.4, 0.5) is 11.4 Å². The van der Waals surface area contributed by atoms with Crippen LogP contribution in [0.2, 0.25) is 0 Å². The Balaban J connectivity index is 1.46. The number of nitrogens with zero attached hydrogens (tertiary/aromatic N) is 5. The van der Waals surface area contributed by atoms with Crippen molar-refractivity contribution in [2.75, 3.05) is 63.2 Å². The molecule has 192 valence electrons. The van der Waals surface area contributed by atoms with Gasteiger partial charge in [0, 0.05) is 56.7 Å². The SMILES string of the molecule is CCN(CC)CCN1c2ccccc2C(N)N(C2CCN(Cc3ccccc3N(C)C)CC2)C1N. The van der Waals surface area contributed by atoms with Gasteiger partial charge in [-0.15, -0.1) is 0 Å². The van der Waals surface area contributed by atoms with E-state index in [1.54, 1.807) is 0 Å². The van der Waals surface area contributed by atoms with Crippen molar-refractivity contribution in [1.82, 2.24) is 14.7 Å². The maximum atomic E-state index is 6.97. The number of nitrogens with two attached hydrogens (primary N) is 2. The lowest BCUT2D eigenvalue weighted by atomic mass is 9.97. The Kier molecular flexibility index (Phi) is 8.68. The fourth-order valence-corrected chi connectivity index (χ4v) is 5.81. The number of para-hydroxylation sites is 2. The Morgan fingerprint density at radius 1 is 0.914 bits per heavy atom. The van der Waals surface area contributed by atoms with Crippen molar-refractivity contribution in [2.24, 2.45) is 11.5 Å². The number of piperidine rings is 1. The smallest absolute Gasteiger partial charge is 0.136 e. The van der Waals surface area contributed by atoms with Gasteiger partial charge in [0.05, 0.1) is 6.17 Å². The van der Waals surface area contributed by atoms with Gasteiger partial charge in [0.1, 0.15) is 6.29 Å². The molecular formula is C28H45N7. The first-order chi connectivity index (χ1) is 16.9. The van der Waals surface area contributed by atoms with E-state index in [0.717, 1.165) is 58.7 Å². The number of benzene rings is 2. The second-order valence-electron chi connectivity index (χ2n) is 10.1. The minimum Gasteiger partial charge on any atom is -0.377 e. The second kappa shape index (κ2) is 11.7. The average molecular weight is 480 g/mol. The fourth-order valence-electron chi connectivity index (χ4n) is 5.81. The summed E-state index contributed by atoms with van der Waals surface area (Å²) in [6.45, 7) is 11.6. The molecule has 2 aromatic rings. The van der Waals surface area contributed by atoms with E-state index in [0.29, 0.717) is 6.04 Å². The minimum atomic E-state index is -0.207. The van der Waals surface area contributed by atoms with Crippen LogP contribution in [0.5, 0.6) is 0 Å². The maximum absolute atomic E-state index is 6.97. The fraction of sp³-hybridized carbons (Fsp3) is 0.571. The van der Waals surface area contributed by atoms with Gasteiger partial charge in [0.15, 0.2) is 0 Å². The first kappa shape index (κ1) is 25.9. The molecule has 0 aliphatic carbocycles. The van der Waals surface area contributed by atoms with Crippen molar-refractivity contribution in [3.63, 3.8) is 0 Å². The summed E-state index contributed by atoms with van der Waals surface area (Å²) in [7, 11) is 4.24. The Morgan fingerprint density at radius 2 is 1.57 bits per heavy atom. The quantitative estimate of drug-likeness (QED) is 0.573. The van der Waals surface area contributed by atoms with Gasteiger partial charge in [-0.05, 0) is 56.7 Å². The molecule has 2 aromatic carbocycles. The highest BCUT2D eigenvalue weighted by Crippen LogP contribution is 2.37. The zero-order valence-electron chi connectivity index (χ0n) is 22.1. The van der Waals surface area contributed by atoms with Crippen LogP contribution in [0.1, 0.15) is 44.0 Å². The topological polar surface area (TPSA) is 68.2 Å². The van der Waals surface area contributed by atoms with Gasteiger partial charge < -0.3 is 20.4 Å². The predicted octanol–water partition coefficient (Wildman–Crippen LogP) is 3.08. The largest absolute Gasteiger partial charge is 0.377 e. The van der Waals surface area contributed by atoms with Crippen LogP contribution >= 0.6 is 0 Å². The Bertz CT molecular complexity index is 936. The van der Waals surface area contributed by atoms with Gasteiger partial charge in [0.2, 0.25) is 0 Å². The van der Waals surface area contributed by atoms with E-state index in [1.807, 2.05) is 0 Å². The molecule has 35 heavy (non-hydrogen) atoms. The molecule has 0 saturated carbocycles. The van der Waals surface area contributed by atoms with E-state index in [1.165, 1.54) is 22.5 Å². The summed E-state index contributed by atoms with van der Waals surface area (Å²) in [6, 6.07) is 17.7. The lowest BCUT2D eigenvalue weighted by Crippen LogP contribution is -2.65. The molecule has 4 N–H and O–H groups in total. The summed E-state index contributed by atoms with van der Waals surface area (Å²) in [4.78, 5) is 12.0. The number of fused-ring (bicyclic) bond motifs is 1. The molecule has 1 saturated heterocycles. The molecule has 2 aliphatic heterocycles. The van der Waals surface area contributed by atoms with Crippen molar-refractivity contribution >= 4 is 11.4 Å². The highest BCUT2D eigenvalue weighted by atomic mass is 15.5. The van der Waals surface area contributed by atoms with Crippen LogP contribution in [0, 0.1) is 0 Å². The molecular weight excluding hydrogens is 434 g/mol. The van der Waals surface area contributed by atoms with Gasteiger partial charge in [-0.2, -0.15) is 0 Å². The van der Waals surface area contributed by atoms with Gasteiger partial charge in [0.25, 0.3) is 0 Å². The summed E-state index contributed by atoms with van der Waals surface area (Å²) in [5.41, 5.74) is 18.9. The van der Waals surface area contributed by atoms with Crippen LogP contribution in [-0.2, 0) is 6.54 Å². The van der Waals surface area contributed by atoms with Crippen LogP contribution in [0.25, 0.3) is 0 Å². The zero-order valence-corrected chi connectivity index (χ0v) is 22.1. The monoisotopic (exact) mass is 479 g/mol. The summed E-state index contributed by atoms with van der Waals surface area (Å²) in [5, 5.41) is 0. The number of likely N-dealkylation sites (N-methyl/N-ethyl adjacent to an activating group) is 1. The van der Waals surface area contributed by atoms with E-state index in [-0.39, 0.29) is 12.5 Å². The van der Waals surface area contributed by atoms with Crippen molar-refractivity contribution in [1.29, 1.82) is 0 Å². The third kappa shape index (κ3) is 5.65. The van der Waals surface area contributed by atoms with Crippen LogP contribution in [0.15, 0.2) is 48.5 Å². The third-order valence-electron chi connectivity index (χ3n) is 7.91. The second-order valence-corrected chi connectivity index (χ2v) is 10.1. The van der Waals surface area contributed by atoms with Crippen molar-refractivity contribution in [3.05, 3.63) is 59.7 Å². The van der Waals surface area contributed by atoms with E-state index in [9.17, 15) is 0 Å². The Labute approximate surface area is 212 Å². The Hall–Kier alpha value is -2.16. The molecule has 0 amide bonds. The van der Waals surface area contributed by atoms with E-state index >= 15 is 0 Å². The highest BCUT2D eigenvalue weighted by Gasteiger charge is 2.40. The minimum absolute atomic E-state index is 0.170. The Morgan fingerprint density at radius 3 is 2.26 bits per heavy atom. The lowest BCUT2D eigenvalue weighted by Gasteiger charge is -2.52. The number of likely N-dealkylation sites (tertiary alicyclic amines) is 1. The molecule has 7 nitrogen and oxygen atoms in total. The third-order valence-corrected chi connectivity index (χ3v) is 7.91. The van der Waals surface area contributed by atoms with E-state index in [2.05, 4.69) is 101 Å². The molecule has 2 unspecified atom stereocenters. The molecule has 2 atom stereocenters. The number of anilines is 2. The molecule has 0 aromatic heterocycles. The van der Waals surface area contributed by atoms with Gasteiger partial charge in [-0.1, -0.05) is 50.2 Å². The van der Waals surface area contributed by atoms with Gasteiger partial charge in [-0.3, -0.25) is 10.6 Å². The highest BCUT2D eigenvalue weighted by molar-refractivity contribution is 5.57. The molecule has 0 bridgehead atoms. The summed E-state index contributed by atoms with van der Waals surface area (Å²) >= 11 is 0. The molecule has 4 rings (SSSR count). The molecule has 0 radical (unpaired) electrons. The summed E-state index contributed by atoms with van der Waals surface area (Å²) < 4.78 is 0. The van der Waals surface area contributed by atoms with Gasteiger partial charge in [-0.25, -0.2) is 4.90 Å². The average Bonchev–Trinajstić information content (AvgIpc) is 2.87. The number of hydrogen-bond acceptors (Lipinski definition) is 7. The normalized spacial score (nSPS) is 22.0. The molecule has 2 heterocycles. The lowest BCUT2D eigenvalue weighted by molar-refractivity contribution is 0.0280. The van der Waals surface area contributed by atoms with Crippen LogP contribution < -0.4 is 21.3 Å². The van der Waals surface area contributed by atoms with Crippen molar-refractivity contribution in [3.8, 4) is 0 Å². The first-order valence-electron chi connectivity index (χ1n) is 13.3. The number of rotatable bonds is 9. The van der Waals surface area contributed by atoms with E-state index < -0.39 is 0 Å². The van der Waals surface area contributed by atoms with Crippen LogP contribution in [0.3, 0.4) is 0 Å².